The fourth-order valence-electron chi connectivity index (χ4n) is 2.59. The fourth-order valence-corrected chi connectivity index (χ4v) is 3.07. The number of hydrogen-bond acceptors (Lipinski definition) is 3. The highest BCUT2D eigenvalue weighted by Gasteiger charge is 2.33. The summed E-state index contributed by atoms with van der Waals surface area (Å²) in [5.41, 5.74) is -0.657. The maximum atomic E-state index is 14.1. The van der Waals surface area contributed by atoms with Crippen LogP contribution in [0.1, 0.15) is 38.1 Å². The van der Waals surface area contributed by atoms with Gasteiger partial charge in [0.15, 0.2) is 0 Å². The molecular weight excluding hydrogens is 415 g/mol. The molecule has 0 bridgehead atoms. The lowest BCUT2D eigenvalue weighted by Crippen LogP contribution is -2.56. The first-order chi connectivity index (χ1) is 11.5. The van der Waals surface area contributed by atoms with Crippen molar-refractivity contribution in [3.8, 4) is 0 Å². The molecule has 0 aromatic heterocycles. The van der Waals surface area contributed by atoms with E-state index in [1.54, 1.807) is 30.6 Å². The minimum absolute atomic E-state index is 0.0780. The molecule has 0 spiro atoms. The predicted molar refractivity (Wildman–Crippen MR) is 97.4 cm³/mol. The number of halogens is 3. The summed E-state index contributed by atoms with van der Waals surface area (Å²) < 4.78 is 19.9. The number of rotatable bonds is 1. The molecule has 1 aromatic rings. The van der Waals surface area contributed by atoms with Gasteiger partial charge in [0.2, 0.25) is 0 Å². The number of carbonyl (C=O) groups is 2. The molecule has 0 radical (unpaired) electrons. The number of hydrogen-bond donors (Lipinski definition) is 0. The molecule has 1 aliphatic heterocycles. The molecular formula is C17H21BrClFN2O3. The number of ether oxygens (including phenoxy) is 1. The van der Waals surface area contributed by atoms with Gasteiger partial charge in [0.25, 0.3) is 5.91 Å². The van der Waals surface area contributed by atoms with Gasteiger partial charge in [-0.1, -0.05) is 11.6 Å². The van der Waals surface area contributed by atoms with Gasteiger partial charge in [0.1, 0.15) is 11.4 Å². The summed E-state index contributed by atoms with van der Waals surface area (Å²) in [5, 5.41) is 0.268. The molecule has 0 saturated carbocycles. The van der Waals surface area contributed by atoms with Crippen molar-refractivity contribution in [1.29, 1.82) is 0 Å². The Kier molecular flexibility index (Phi) is 5.99. The van der Waals surface area contributed by atoms with Crippen molar-refractivity contribution in [3.05, 3.63) is 33.0 Å². The van der Waals surface area contributed by atoms with Gasteiger partial charge in [-0.15, -0.1) is 0 Å². The van der Waals surface area contributed by atoms with Gasteiger partial charge < -0.3 is 14.5 Å². The van der Waals surface area contributed by atoms with Crippen LogP contribution in [0.15, 0.2) is 16.6 Å². The average Bonchev–Trinajstić information content (AvgIpc) is 2.48. The van der Waals surface area contributed by atoms with E-state index < -0.39 is 23.4 Å². The summed E-state index contributed by atoms with van der Waals surface area (Å²) >= 11 is 9.11. The normalized spacial score (nSPS) is 18.3. The second kappa shape index (κ2) is 7.50. The highest BCUT2D eigenvalue weighted by Crippen LogP contribution is 2.27. The van der Waals surface area contributed by atoms with Crippen LogP contribution in [0.2, 0.25) is 5.02 Å². The molecule has 2 rings (SSSR count). The molecule has 138 valence electrons. The van der Waals surface area contributed by atoms with Crippen molar-refractivity contribution >= 4 is 39.5 Å². The quantitative estimate of drug-likeness (QED) is 0.617. The predicted octanol–water partition coefficient (Wildman–Crippen LogP) is 4.32. The van der Waals surface area contributed by atoms with Crippen molar-refractivity contribution in [1.82, 2.24) is 9.80 Å². The molecule has 0 N–H and O–H groups in total. The van der Waals surface area contributed by atoms with E-state index in [0.29, 0.717) is 24.1 Å². The third kappa shape index (κ3) is 4.85. The lowest BCUT2D eigenvalue weighted by molar-refractivity contribution is 0.00607. The van der Waals surface area contributed by atoms with Crippen LogP contribution in [0.5, 0.6) is 0 Å². The van der Waals surface area contributed by atoms with Crippen LogP contribution in [0.4, 0.5) is 9.18 Å². The van der Waals surface area contributed by atoms with Crippen LogP contribution in [0.3, 0.4) is 0 Å². The molecule has 1 aromatic carbocycles. The molecule has 1 atom stereocenters. The summed E-state index contributed by atoms with van der Waals surface area (Å²) in [5.74, 6) is -1.08. The van der Waals surface area contributed by atoms with E-state index in [4.69, 9.17) is 16.3 Å². The Balaban J connectivity index is 2.10. The highest BCUT2D eigenvalue weighted by atomic mass is 79.9. The monoisotopic (exact) mass is 434 g/mol. The SMILES string of the molecule is C[C@@H]1CN(C(=O)OC(C)(C)C)CCN1C(=O)c1cc(Cl)c(Br)cc1F. The molecule has 25 heavy (non-hydrogen) atoms. The first kappa shape index (κ1) is 20.0. The van der Waals surface area contributed by atoms with Crippen LogP contribution in [-0.4, -0.2) is 53.1 Å². The van der Waals surface area contributed by atoms with Crippen molar-refractivity contribution in [2.75, 3.05) is 19.6 Å². The number of piperazine rings is 1. The van der Waals surface area contributed by atoms with E-state index in [1.165, 1.54) is 12.1 Å². The van der Waals surface area contributed by atoms with Crippen LogP contribution in [0.25, 0.3) is 0 Å². The summed E-state index contributed by atoms with van der Waals surface area (Å²) in [4.78, 5) is 27.9. The van der Waals surface area contributed by atoms with Crippen molar-refractivity contribution < 1.29 is 18.7 Å². The van der Waals surface area contributed by atoms with E-state index in [2.05, 4.69) is 15.9 Å². The largest absolute Gasteiger partial charge is 0.444 e. The molecule has 0 aliphatic carbocycles. The van der Waals surface area contributed by atoms with E-state index in [9.17, 15) is 14.0 Å². The van der Waals surface area contributed by atoms with E-state index in [1.807, 2.05) is 6.92 Å². The standard InChI is InChI=1S/C17H21BrClFN2O3/c1-10-9-21(16(24)25-17(2,3)4)5-6-22(10)15(23)11-7-13(19)12(18)8-14(11)20/h7-8,10H,5-6,9H2,1-4H3/t10-/m1/s1. The van der Waals surface area contributed by atoms with Crippen LogP contribution in [0, 0.1) is 5.82 Å². The Morgan fingerprint density at radius 1 is 1.32 bits per heavy atom. The van der Waals surface area contributed by atoms with Gasteiger partial charge >= 0.3 is 6.09 Å². The molecule has 2 amide bonds. The summed E-state index contributed by atoms with van der Waals surface area (Å²) in [6.07, 6.45) is -0.413. The molecule has 1 aliphatic rings. The Hall–Kier alpha value is -1.34. The van der Waals surface area contributed by atoms with Crippen LogP contribution < -0.4 is 0 Å². The third-order valence-electron chi connectivity index (χ3n) is 3.78. The Labute approximate surface area is 160 Å². The molecule has 0 unspecified atom stereocenters. The first-order valence-corrected chi connectivity index (χ1v) is 9.10. The lowest BCUT2D eigenvalue weighted by Gasteiger charge is -2.40. The Morgan fingerprint density at radius 3 is 2.52 bits per heavy atom. The van der Waals surface area contributed by atoms with Crippen molar-refractivity contribution in [2.24, 2.45) is 0 Å². The van der Waals surface area contributed by atoms with E-state index >= 15 is 0 Å². The second-order valence-corrected chi connectivity index (χ2v) is 8.28. The summed E-state index contributed by atoms with van der Waals surface area (Å²) in [7, 11) is 0. The number of amides is 2. The molecule has 1 fully saturated rings. The van der Waals surface area contributed by atoms with Gasteiger partial charge in [-0.3, -0.25) is 4.79 Å². The maximum absolute atomic E-state index is 14.1. The molecule has 1 heterocycles. The smallest absolute Gasteiger partial charge is 0.410 e. The highest BCUT2D eigenvalue weighted by molar-refractivity contribution is 9.10. The number of carbonyl (C=O) groups excluding carboxylic acids is 2. The maximum Gasteiger partial charge on any atom is 0.410 e. The topological polar surface area (TPSA) is 49.9 Å². The number of benzene rings is 1. The van der Waals surface area contributed by atoms with Crippen LogP contribution >= 0.6 is 27.5 Å². The molecule has 8 heteroatoms. The molecule has 1 saturated heterocycles. The van der Waals surface area contributed by atoms with Gasteiger partial charge in [0.05, 0.1) is 10.6 Å². The van der Waals surface area contributed by atoms with Crippen molar-refractivity contribution in [3.63, 3.8) is 0 Å². The zero-order valence-corrected chi connectivity index (χ0v) is 16.9. The second-order valence-electron chi connectivity index (χ2n) is 7.02. The van der Waals surface area contributed by atoms with Gasteiger partial charge in [-0.25, -0.2) is 9.18 Å². The fraction of sp³-hybridized carbons (Fsp3) is 0.529. The van der Waals surface area contributed by atoms with Gasteiger partial charge in [0, 0.05) is 30.1 Å². The third-order valence-corrected chi connectivity index (χ3v) is 4.98. The van der Waals surface area contributed by atoms with E-state index in [-0.39, 0.29) is 16.6 Å². The van der Waals surface area contributed by atoms with Gasteiger partial charge in [-0.05, 0) is 55.8 Å². The lowest BCUT2D eigenvalue weighted by atomic mass is 10.1. The Morgan fingerprint density at radius 2 is 1.96 bits per heavy atom. The zero-order chi connectivity index (χ0) is 18.9. The zero-order valence-electron chi connectivity index (χ0n) is 14.6. The minimum Gasteiger partial charge on any atom is -0.444 e. The number of nitrogens with zero attached hydrogens (tertiary/aromatic N) is 2. The summed E-state index contributed by atoms with van der Waals surface area (Å²) in [6, 6.07) is 2.23. The Bertz CT molecular complexity index is 693. The van der Waals surface area contributed by atoms with Crippen LogP contribution in [-0.2, 0) is 4.74 Å². The average molecular weight is 436 g/mol. The summed E-state index contributed by atoms with van der Waals surface area (Å²) in [6.45, 7) is 8.17. The van der Waals surface area contributed by atoms with E-state index in [0.717, 1.165) is 0 Å². The van der Waals surface area contributed by atoms with Crippen molar-refractivity contribution in [2.45, 2.75) is 39.3 Å². The first-order valence-electron chi connectivity index (χ1n) is 7.93. The minimum atomic E-state index is -0.636. The molecule has 5 nitrogen and oxygen atoms in total. The van der Waals surface area contributed by atoms with Gasteiger partial charge in [-0.2, -0.15) is 0 Å².